The van der Waals surface area contributed by atoms with Crippen molar-refractivity contribution in [3.8, 4) is 5.75 Å². The smallest absolute Gasteiger partial charge is 0.406 e. The van der Waals surface area contributed by atoms with Crippen LogP contribution in [0.15, 0.2) is 54.6 Å². The van der Waals surface area contributed by atoms with E-state index in [0.29, 0.717) is 0 Å². The first kappa shape index (κ1) is 16.0. The summed E-state index contributed by atoms with van der Waals surface area (Å²) in [4.78, 5) is 0. The van der Waals surface area contributed by atoms with Gasteiger partial charge in [-0.2, -0.15) is 0 Å². The number of alkyl halides is 3. The van der Waals surface area contributed by atoms with Crippen molar-refractivity contribution in [2.75, 3.05) is 5.32 Å². The van der Waals surface area contributed by atoms with Crippen molar-refractivity contribution in [1.29, 1.82) is 0 Å². The average Bonchev–Trinajstić information content (AvgIpc) is 3.03. The second kappa shape index (κ2) is 5.79. The molecular formula is C19H15F4NO. The van der Waals surface area contributed by atoms with Gasteiger partial charge in [-0.15, -0.1) is 13.2 Å². The van der Waals surface area contributed by atoms with Crippen molar-refractivity contribution < 1.29 is 22.3 Å². The maximum absolute atomic E-state index is 13.2. The van der Waals surface area contributed by atoms with Crippen molar-refractivity contribution >= 4 is 5.69 Å². The van der Waals surface area contributed by atoms with E-state index < -0.39 is 6.36 Å². The van der Waals surface area contributed by atoms with E-state index in [1.807, 2.05) is 12.2 Å². The fourth-order valence-corrected chi connectivity index (χ4v) is 3.77. The fraction of sp³-hybridized carbons (Fsp3) is 0.263. The van der Waals surface area contributed by atoms with Gasteiger partial charge in [0.05, 0.1) is 6.04 Å². The molecule has 0 saturated carbocycles. The van der Waals surface area contributed by atoms with Gasteiger partial charge < -0.3 is 10.1 Å². The normalized spacial score (nSPS) is 24.4. The number of benzene rings is 2. The summed E-state index contributed by atoms with van der Waals surface area (Å²) >= 11 is 0. The molecule has 2 nitrogen and oxygen atoms in total. The Balaban J connectivity index is 1.70. The van der Waals surface area contributed by atoms with Crippen LogP contribution in [0.1, 0.15) is 29.5 Å². The van der Waals surface area contributed by atoms with Gasteiger partial charge >= 0.3 is 6.36 Å². The number of hydrogen-bond acceptors (Lipinski definition) is 2. The molecule has 0 aromatic heterocycles. The maximum Gasteiger partial charge on any atom is 0.573 e. The number of ether oxygens (including phenoxy) is 1. The van der Waals surface area contributed by atoms with Gasteiger partial charge in [-0.05, 0) is 53.8 Å². The summed E-state index contributed by atoms with van der Waals surface area (Å²) in [6.07, 6.45) is 0.166. The standard InChI is InChI=1S/C19H15F4NO/c20-12-6-4-11(5-7-12)18-15-3-1-2-14(15)16-10-13(25-19(21,22)23)8-9-17(16)24-18/h1-2,4-10,14-15,18,24H,3H2/t14-,15-,18-/m0/s1. The second-order valence-electron chi connectivity index (χ2n) is 6.32. The predicted octanol–water partition coefficient (Wildman–Crippen LogP) is 5.55. The van der Waals surface area contributed by atoms with E-state index in [2.05, 4.69) is 10.1 Å². The van der Waals surface area contributed by atoms with E-state index in [9.17, 15) is 17.6 Å². The van der Waals surface area contributed by atoms with Gasteiger partial charge in [0.1, 0.15) is 11.6 Å². The zero-order valence-corrected chi connectivity index (χ0v) is 13.1. The molecule has 1 aliphatic carbocycles. The first-order valence-electron chi connectivity index (χ1n) is 7.99. The second-order valence-corrected chi connectivity index (χ2v) is 6.32. The molecule has 25 heavy (non-hydrogen) atoms. The molecule has 1 aliphatic heterocycles. The van der Waals surface area contributed by atoms with E-state index >= 15 is 0 Å². The minimum absolute atomic E-state index is 0.00286. The van der Waals surface area contributed by atoms with Crippen molar-refractivity contribution in [2.24, 2.45) is 5.92 Å². The van der Waals surface area contributed by atoms with Gasteiger partial charge in [0, 0.05) is 11.6 Å². The lowest BCUT2D eigenvalue weighted by Gasteiger charge is -2.37. The number of hydrogen-bond donors (Lipinski definition) is 1. The summed E-state index contributed by atoms with van der Waals surface area (Å²) in [5, 5.41) is 3.39. The third-order valence-electron chi connectivity index (χ3n) is 4.80. The zero-order chi connectivity index (χ0) is 17.6. The summed E-state index contributed by atoms with van der Waals surface area (Å²) in [5.41, 5.74) is 2.52. The van der Waals surface area contributed by atoms with Gasteiger partial charge in [0.25, 0.3) is 0 Å². The lowest BCUT2D eigenvalue weighted by atomic mass is 9.77. The number of fused-ring (bicyclic) bond motifs is 3. The monoisotopic (exact) mass is 349 g/mol. The largest absolute Gasteiger partial charge is 0.573 e. The highest BCUT2D eigenvalue weighted by Gasteiger charge is 2.39. The minimum Gasteiger partial charge on any atom is -0.406 e. The first-order valence-corrected chi connectivity index (χ1v) is 7.99. The lowest BCUT2D eigenvalue weighted by molar-refractivity contribution is -0.274. The Morgan fingerprint density at radius 2 is 1.80 bits per heavy atom. The fourth-order valence-electron chi connectivity index (χ4n) is 3.77. The quantitative estimate of drug-likeness (QED) is 0.567. The van der Waals surface area contributed by atoms with Crippen molar-refractivity contribution in [2.45, 2.75) is 24.7 Å². The Hall–Kier alpha value is -2.50. The molecule has 6 heteroatoms. The number of anilines is 1. The van der Waals surface area contributed by atoms with Gasteiger partial charge in [-0.1, -0.05) is 24.3 Å². The number of nitrogens with one attached hydrogen (secondary N) is 1. The molecule has 0 amide bonds. The molecule has 0 radical (unpaired) electrons. The van der Waals surface area contributed by atoms with E-state index in [0.717, 1.165) is 23.2 Å². The molecule has 0 unspecified atom stereocenters. The summed E-state index contributed by atoms with van der Waals surface area (Å²) in [7, 11) is 0. The molecule has 3 atom stereocenters. The Morgan fingerprint density at radius 1 is 1.04 bits per heavy atom. The zero-order valence-electron chi connectivity index (χ0n) is 13.1. The van der Waals surface area contributed by atoms with Gasteiger partial charge in [-0.25, -0.2) is 4.39 Å². The Kier molecular flexibility index (Phi) is 3.71. The molecule has 1 N–H and O–H groups in total. The number of rotatable bonds is 2. The van der Waals surface area contributed by atoms with Crippen molar-refractivity contribution in [3.05, 3.63) is 71.6 Å². The molecule has 0 spiro atoms. The van der Waals surface area contributed by atoms with E-state index in [4.69, 9.17) is 0 Å². The van der Waals surface area contributed by atoms with Gasteiger partial charge in [0.15, 0.2) is 0 Å². The third kappa shape index (κ3) is 3.08. The van der Waals surface area contributed by atoms with Crippen LogP contribution < -0.4 is 10.1 Å². The number of halogens is 4. The highest BCUT2D eigenvalue weighted by atomic mass is 19.4. The van der Waals surface area contributed by atoms with Crippen LogP contribution in [-0.4, -0.2) is 6.36 Å². The maximum atomic E-state index is 13.2. The molecule has 2 aliphatic rings. The van der Waals surface area contributed by atoms with Crippen molar-refractivity contribution in [1.82, 2.24) is 0 Å². The van der Waals surface area contributed by atoms with Crippen LogP contribution in [0.25, 0.3) is 0 Å². The lowest BCUT2D eigenvalue weighted by Crippen LogP contribution is -2.29. The van der Waals surface area contributed by atoms with Crippen LogP contribution in [0.2, 0.25) is 0 Å². The summed E-state index contributed by atoms with van der Waals surface area (Å²) in [5.74, 6) is -0.343. The highest BCUT2D eigenvalue weighted by molar-refractivity contribution is 5.61. The summed E-state index contributed by atoms with van der Waals surface area (Å²) in [6.45, 7) is 0. The Morgan fingerprint density at radius 3 is 2.52 bits per heavy atom. The summed E-state index contributed by atoms with van der Waals surface area (Å²) < 4.78 is 54.7. The van der Waals surface area contributed by atoms with E-state index in [1.54, 1.807) is 18.2 Å². The topological polar surface area (TPSA) is 21.3 Å². The molecule has 0 fully saturated rings. The van der Waals surface area contributed by atoms with Crippen LogP contribution >= 0.6 is 0 Å². The molecule has 1 heterocycles. The molecule has 0 bridgehead atoms. The highest BCUT2D eigenvalue weighted by Crippen LogP contribution is 2.50. The van der Waals surface area contributed by atoms with Gasteiger partial charge in [0.2, 0.25) is 0 Å². The number of allylic oxidation sites excluding steroid dienone is 2. The third-order valence-corrected chi connectivity index (χ3v) is 4.80. The van der Waals surface area contributed by atoms with Crippen LogP contribution in [0, 0.1) is 11.7 Å². The minimum atomic E-state index is -4.71. The van der Waals surface area contributed by atoms with E-state index in [1.165, 1.54) is 24.3 Å². The molecular weight excluding hydrogens is 334 g/mol. The van der Waals surface area contributed by atoms with E-state index in [-0.39, 0.29) is 29.4 Å². The SMILES string of the molecule is Fc1ccc([C@@H]2Nc3ccc(OC(F)(F)F)cc3[C@H]3C=CC[C@@H]32)cc1. The Bertz CT molecular complexity index is 813. The predicted molar refractivity (Wildman–Crippen MR) is 85.9 cm³/mol. The molecule has 2 aromatic rings. The van der Waals surface area contributed by atoms with Crippen LogP contribution in [0.4, 0.5) is 23.2 Å². The van der Waals surface area contributed by atoms with Crippen LogP contribution in [0.3, 0.4) is 0 Å². The van der Waals surface area contributed by atoms with Gasteiger partial charge in [-0.3, -0.25) is 0 Å². The first-order chi connectivity index (χ1) is 11.9. The molecule has 0 saturated heterocycles. The Labute approximate surface area is 142 Å². The molecule has 2 aromatic carbocycles. The van der Waals surface area contributed by atoms with Crippen molar-refractivity contribution in [3.63, 3.8) is 0 Å². The molecule has 130 valence electrons. The molecule has 4 rings (SSSR count). The average molecular weight is 349 g/mol. The summed E-state index contributed by atoms with van der Waals surface area (Å²) in [6, 6.07) is 10.7. The van der Waals surface area contributed by atoms with Crippen LogP contribution in [0.5, 0.6) is 5.75 Å². The van der Waals surface area contributed by atoms with Crippen LogP contribution in [-0.2, 0) is 0 Å².